The molecule has 0 aromatic heterocycles. The summed E-state index contributed by atoms with van der Waals surface area (Å²) in [7, 11) is 2.14. The van der Waals surface area contributed by atoms with Crippen LogP contribution in [0.2, 0.25) is 0 Å². The summed E-state index contributed by atoms with van der Waals surface area (Å²) in [4.78, 5) is 31.7. The number of likely N-dealkylation sites (N-methyl/N-ethyl adjacent to an activating group) is 2. The van der Waals surface area contributed by atoms with E-state index >= 15 is 0 Å². The summed E-state index contributed by atoms with van der Waals surface area (Å²) >= 11 is 0. The number of ether oxygens (including phenoxy) is 2. The minimum atomic E-state index is -0.410. The first kappa shape index (κ1) is 55.6. The zero-order chi connectivity index (χ0) is 54.8. The van der Waals surface area contributed by atoms with Crippen molar-refractivity contribution in [1.82, 2.24) is 0 Å². The number of benzene rings is 6. The number of carbonyl (C=O) groups is 2. The van der Waals surface area contributed by atoms with E-state index in [1.165, 1.54) is 0 Å². The second-order valence-electron chi connectivity index (χ2n) is 23.9. The van der Waals surface area contributed by atoms with E-state index in [9.17, 15) is 19.8 Å². The Morgan fingerprint density at radius 1 is 0.493 bits per heavy atom. The molecule has 9 heteroatoms. The highest BCUT2D eigenvalue weighted by atomic mass is 16.5. The fourth-order valence-electron chi connectivity index (χ4n) is 10.1. The lowest BCUT2D eigenvalue weighted by atomic mass is 9.78. The first-order valence-electron chi connectivity index (χ1n) is 26.6. The molecule has 0 radical (unpaired) electrons. The van der Waals surface area contributed by atoms with Crippen LogP contribution in [-0.2, 0) is 31.1 Å². The van der Waals surface area contributed by atoms with Crippen LogP contribution in [0.4, 0.5) is 17.1 Å². The SMILES string of the molecule is CCN(CCOC(=O)c1cc(C(C)(C)C)c(O)c(C(C)(C)C)c1)c1ccc(C(=C2C(c3ccccc3)=[N+](C)c3ccccc32)c2ccc(N(CC)CCOC(=O)c3cc(C(C)(C)C)c(O)c(C(C)(C)C)c3)cc2)cc1. The lowest BCUT2D eigenvalue weighted by Gasteiger charge is -2.28. The van der Waals surface area contributed by atoms with Gasteiger partial charge in [0.15, 0.2) is 0 Å². The van der Waals surface area contributed by atoms with Gasteiger partial charge < -0.3 is 29.5 Å². The molecule has 0 unspecified atom stereocenters. The number of aromatic hydroxyl groups is 2. The van der Waals surface area contributed by atoms with Gasteiger partial charge in [-0.25, -0.2) is 9.59 Å². The Kier molecular flexibility index (Phi) is 16.3. The predicted octanol–water partition coefficient (Wildman–Crippen LogP) is 14.4. The first-order chi connectivity index (χ1) is 35.2. The number of hydrogen-bond donors (Lipinski definition) is 2. The number of para-hydroxylation sites is 1. The van der Waals surface area contributed by atoms with Crippen LogP contribution in [0.5, 0.6) is 11.5 Å². The van der Waals surface area contributed by atoms with Gasteiger partial charge in [-0.2, -0.15) is 4.58 Å². The maximum atomic E-state index is 13.7. The number of fused-ring (bicyclic) bond motifs is 1. The molecular weight excluding hydrogens is 931 g/mol. The normalized spacial score (nSPS) is 12.9. The number of anilines is 2. The number of hydrogen-bond acceptors (Lipinski definition) is 8. The van der Waals surface area contributed by atoms with Crippen LogP contribution in [-0.4, -0.2) is 78.9 Å². The van der Waals surface area contributed by atoms with Crippen LogP contribution in [0.15, 0.2) is 127 Å². The Bertz CT molecular complexity index is 2880. The molecule has 7 rings (SSSR count). The molecule has 1 aliphatic rings. The van der Waals surface area contributed by atoms with E-state index in [0.29, 0.717) is 37.3 Å². The van der Waals surface area contributed by atoms with E-state index in [2.05, 4.69) is 132 Å². The van der Waals surface area contributed by atoms with Crippen molar-refractivity contribution in [3.8, 4) is 11.5 Å². The van der Waals surface area contributed by atoms with Crippen molar-refractivity contribution in [2.75, 3.05) is 56.2 Å². The molecular formula is C66H80N3O6+. The lowest BCUT2D eigenvalue weighted by molar-refractivity contribution is -0.400. The molecule has 2 N–H and O–H groups in total. The second kappa shape index (κ2) is 22.0. The Labute approximate surface area is 447 Å². The highest BCUT2D eigenvalue weighted by molar-refractivity contribution is 6.38. The van der Waals surface area contributed by atoms with Gasteiger partial charge in [0.1, 0.15) is 31.8 Å². The lowest BCUT2D eigenvalue weighted by Crippen LogP contribution is -2.28. The van der Waals surface area contributed by atoms with Gasteiger partial charge in [-0.3, -0.25) is 0 Å². The fraction of sp³-hybridized carbons (Fsp3) is 0.379. The molecule has 1 aliphatic heterocycles. The molecule has 0 saturated heterocycles. The van der Waals surface area contributed by atoms with Crippen LogP contribution < -0.4 is 9.80 Å². The fourth-order valence-corrected chi connectivity index (χ4v) is 10.1. The minimum absolute atomic E-state index is 0.192. The van der Waals surface area contributed by atoms with Gasteiger partial charge in [0.05, 0.1) is 35.4 Å². The monoisotopic (exact) mass is 1010 g/mol. The summed E-state index contributed by atoms with van der Waals surface area (Å²) in [6.07, 6.45) is 0. The third kappa shape index (κ3) is 12.2. The molecule has 9 nitrogen and oxygen atoms in total. The summed E-state index contributed by atoms with van der Waals surface area (Å²) in [6, 6.07) is 43.6. The van der Waals surface area contributed by atoms with Gasteiger partial charge in [-0.1, -0.05) is 138 Å². The van der Waals surface area contributed by atoms with Gasteiger partial charge in [-0.15, -0.1) is 0 Å². The molecule has 0 saturated carbocycles. The third-order valence-electron chi connectivity index (χ3n) is 14.3. The zero-order valence-electron chi connectivity index (χ0n) is 47.2. The summed E-state index contributed by atoms with van der Waals surface area (Å²) in [5.41, 5.74) is 13.1. The number of allylic oxidation sites excluding steroid dienone is 1. The molecule has 0 amide bonds. The predicted molar refractivity (Wildman–Crippen MR) is 309 cm³/mol. The van der Waals surface area contributed by atoms with Crippen molar-refractivity contribution in [1.29, 1.82) is 0 Å². The zero-order valence-corrected chi connectivity index (χ0v) is 47.2. The van der Waals surface area contributed by atoms with E-state index in [4.69, 9.17) is 9.47 Å². The molecule has 75 heavy (non-hydrogen) atoms. The molecule has 1 heterocycles. The molecule has 6 aromatic carbocycles. The average molecular weight is 1010 g/mol. The highest BCUT2D eigenvalue weighted by Crippen LogP contribution is 2.45. The number of esters is 2. The third-order valence-corrected chi connectivity index (χ3v) is 14.3. The molecule has 0 atom stereocenters. The number of carbonyl (C=O) groups excluding carboxylic acids is 2. The van der Waals surface area contributed by atoms with Gasteiger partial charge >= 0.3 is 11.9 Å². The van der Waals surface area contributed by atoms with Crippen molar-refractivity contribution in [3.05, 3.63) is 183 Å². The summed E-state index contributed by atoms with van der Waals surface area (Å²) < 4.78 is 14.2. The van der Waals surface area contributed by atoms with E-state index in [0.717, 1.165) is 78.4 Å². The number of rotatable bonds is 15. The van der Waals surface area contributed by atoms with Gasteiger partial charge in [-0.05, 0) is 113 Å². The van der Waals surface area contributed by atoms with Crippen molar-refractivity contribution >= 4 is 45.9 Å². The Balaban J connectivity index is 1.17. The smallest absolute Gasteiger partial charge is 0.338 e. The molecule has 0 aliphatic carbocycles. The van der Waals surface area contributed by atoms with Crippen LogP contribution in [0.3, 0.4) is 0 Å². The quantitative estimate of drug-likeness (QED) is 0.0775. The number of phenolic OH excluding ortho intramolecular Hbond substituents is 2. The first-order valence-corrected chi connectivity index (χ1v) is 26.6. The number of phenols is 2. The molecule has 0 fully saturated rings. The maximum absolute atomic E-state index is 13.7. The summed E-state index contributed by atoms with van der Waals surface area (Å²) in [6.45, 7) is 31.4. The minimum Gasteiger partial charge on any atom is -0.507 e. The molecule has 6 aromatic rings. The van der Waals surface area contributed by atoms with Crippen molar-refractivity contribution in [2.45, 2.75) is 119 Å². The molecule has 0 bridgehead atoms. The highest BCUT2D eigenvalue weighted by Gasteiger charge is 2.37. The summed E-state index contributed by atoms with van der Waals surface area (Å²) in [5.74, 6) is -0.358. The van der Waals surface area contributed by atoms with E-state index in [1.54, 1.807) is 24.3 Å². The van der Waals surface area contributed by atoms with Gasteiger partial charge in [0.25, 0.3) is 0 Å². The van der Waals surface area contributed by atoms with Gasteiger partial charge in [0, 0.05) is 63.9 Å². The Hall–Kier alpha value is -7.13. The second-order valence-corrected chi connectivity index (χ2v) is 23.9. The van der Waals surface area contributed by atoms with E-state index < -0.39 is 11.9 Å². The summed E-state index contributed by atoms with van der Waals surface area (Å²) in [5, 5.41) is 22.5. The largest absolute Gasteiger partial charge is 0.507 e. The molecule has 394 valence electrons. The van der Waals surface area contributed by atoms with Crippen molar-refractivity contribution in [2.24, 2.45) is 0 Å². The Morgan fingerprint density at radius 3 is 1.21 bits per heavy atom. The van der Waals surface area contributed by atoms with Crippen molar-refractivity contribution in [3.63, 3.8) is 0 Å². The maximum Gasteiger partial charge on any atom is 0.338 e. The van der Waals surface area contributed by atoms with Crippen LogP contribution in [0.1, 0.15) is 162 Å². The van der Waals surface area contributed by atoms with Gasteiger partial charge in [0.2, 0.25) is 11.4 Å². The van der Waals surface area contributed by atoms with E-state index in [-0.39, 0.29) is 46.4 Å². The van der Waals surface area contributed by atoms with E-state index in [1.807, 2.05) is 89.2 Å². The topological polar surface area (TPSA) is 103 Å². The van der Waals surface area contributed by atoms with Crippen LogP contribution in [0.25, 0.3) is 11.1 Å². The van der Waals surface area contributed by atoms with Crippen LogP contribution in [0, 0.1) is 0 Å². The average Bonchev–Trinajstić information content (AvgIpc) is 3.64. The van der Waals surface area contributed by atoms with Crippen molar-refractivity contribution < 1.29 is 33.9 Å². The number of nitrogens with zero attached hydrogens (tertiary/aromatic N) is 3. The standard InChI is InChI=1S/C66H79N3O6/c1-16-68(35-37-74-61(72)46-39-51(63(3,4)5)59(70)52(40-46)64(6,7)8)48-31-27-43(28-32-48)56(57-50-25-21-22-26-55(50)67(15)58(57)45-23-19-18-20-24-45)44-29-33-49(34-30-44)69(17-2)36-38-75-62(73)47-41-53(65(9,10)11)60(71)54(42-47)66(12,13)14/h18-34,39-42H,16-17,35-38H2,1-15H3,(H-,70,71,72,73)/p+1. The molecule has 0 spiro atoms. The Morgan fingerprint density at radius 2 is 0.853 bits per heavy atom. The van der Waals surface area contributed by atoms with Crippen LogP contribution >= 0.6 is 0 Å².